The van der Waals surface area contributed by atoms with Crippen molar-refractivity contribution in [2.24, 2.45) is 0 Å². The Morgan fingerprint density at radius 2 is 2.03 bits per heavy atom. The lowest BCUT2D eigenvalue weighted by Crippen LogP contribution is -2.09. The lowest BCUT2D eigenvalue weighted by Gasteiger charge is -2.07. The van der Waals surface area contributed by atoms with E-state index in [1.54, 1.807) is 38.3 Å². The smallest absolute Gasteiger partial charge is 0.311 e. The maximum atomic E-state index is 12.8. The van der Waals surface area contributed by atoms with Crippen LogP contribution in [0, 0.1) is 6.92 Å². The monoisotopic (exact) mass is 439 g/mol. The lowest BCUT2D eigenvalue weighted by atomic mass is 10.0. The molecule has 0 atom stereocenters. The third kappa shape index (κ3) is 4.62. The van der Waals surface area contributed by atoms with Gasteiger partial charge in [-0.1, -0.05) is 28.9 Å². The van der Waals surface area contributed by atoms with Crippen LogP contribution in [0.5, 0.6) is 17.2 Å². The maximum Gasteiger partial charge on any atom is 0.311 e. The van der Waals surface area contributed by atoms with Gasteiger partial charge < -0.3 is 18.7 Å². The first kappa shape index (κ1) is 20.7. The van der Waals surface area contributed by atoms with Crippen molar-refractivity contribution in [2.45, 2.75) is 19.8 Å². The Bertz CT molecular complexity index is 1200. The number of benzene rings is 2. The van der Waals surface area contributed by atoms with Gasteiger partial charge in [0.25, 0.3) is 0 Å². The molecule has 0 amide bonds. The first-order chi connectivity index (χ1) is 14.9. The van der Waals surface area contributed by atoms with Crippen LogP contribution in [0.15, 0.2) is 52.7 Å². The molecule has 0 bridgehead atoms. The summed E-state index contributed by atoms with van der Waals surface area (Å²) in [7, 11) is 1.58. The summed E-state index contributed by atoms with van der Waals surface area (Å²) in [6.45, 7) is 1.77. The minimum Gasteiger partial charge on any atom is -0.497 e. The molecule has 1 aliphatic rings. The Hall–Kier alpha value is -3.58. The van der Waals surface area contributed by atoms with E-state index < -0.39 is 5.97 Å². The number of allylic oxidation sites excluding steroid dienone is 1. The van der Waals surface area contributed by atoms with Crippen LogP contribution in [-0.4, -0.2) is 24.0 Å². The third-order valence-electron chi connectivity index (χ3n) is 4.67. The molecule has 0 spiro atoms. The lowest BCUT2D eigenvalue weighted by molar-refractivity contribution is -0.134. The normalized spacial score (nSPS) is 13.8. The molecule has 0 unspecified atom stereocenters. The van der Waals surface area contributed by atoms with Crippen LogP contribution in [0.4, 0.5) is 0 Å². The van der Waals surface area contributed by atoms with Crippen molar-refractivity contribution in [3.63, 3.8) is 0 Å². The van der Waals surface area contributed by atoms with E-state index in [-0.39, 0.29) is 23.1 Å². The van der Waals surface area contributed by atoms with Gasteiger partial charge in [0.15, 0.2) is 10.9 Å². The fraction of sp³-hybridized carbons (Fsp3) is 0.174. The number of esters is 1. The molecule has 0 radical (unpaired) electrons. The molecule has 3 aromatic rings. The van der Waals surface area contributed by atoms with Crippen LogP contribution in [0.2, 0.25) is 5.15 Å². The number of carbonyl (C=O) groups excluding carboxylic acids is 2. The summed E-state index contributed by atoms with van der Waals surface area (Å²) >= 11 is 5.69. The number of aryl methyl sites for hydroxylation is 2. The highest BCUT2D eigenvalue weighted by Gasteiger charge is 2.30. The van der Waals surface area contributed by atoms with Gasteiger partial charge in [0, 0.05) is 18.6 Å². The zero-order valence-corrected chi connectivity index (χ0v) is 17.6. The number of hydrogen-bond acceptors (Lipinski definition) is 7. The van der Waals surface area contributed by atoms with E-state index in [4.69, 9.17) is 30.3 Å². The fourth-order valence-corrected chi connectivity index (χ4v) is 3.39. The molecule has 0 fully saturated rings. The standard InChI is InChI=1S/C23H18ClNO6/c1-13-8-17(29-21(26)7-6-16-12-20(24)25-31-16)11-18-22(13)23(27)19(30-18)10-14-4-3-5-15(9-14)28-2/h3-5,8-12H,6-7H2,1-2H3/b19-10-. The molecule has 4 rings (SSSR count). The number of aromatic nitrogens is 1. The average Bonchev–Trinajstić information content (AvgIpc) is 3.29. The summed E-state index contributed by atoms with van der Waals surface area (Å²) in [5.74, 6) is 1.33. The van der Waals surface area contributed by atoms with Gasteiger partial charge >= 0.3 is 5.97 Å². The van der Waals surface area contributed by atoms with Crippen molar-refractivity contribution in [1.29, 1.82) is 0 Å². The number of ketones is 1. The number of methoxy groups -OCH3 is 1. The Labute approximate surface area is 183 Å². The molecule has 2 heterocycles. The number of Topliss-reactive ketones (excluding diaryl/α,β-unsaturated/α-hetero) is 1. The Kier molecular flexibility index (Phi) is 5.77. The molecule has 0 N–H and O–H groups in total. The van der Waals surface area contributed by atoms with Crippen LogP contribution in [-0.2, 0) is 11.2 Å². The van der Waals surface area contributed by atoms with E-state index in [9.17, 15) is 9.59 Å². The number of hydrogen-bond donors (Lipinski definition) is 0. The number of halogens is 1. The van der Waals surface area contributed by atoms with Crippen molar-refractivity contribution in [2.75, 3.05) is 7.11 Å². The van der Waals surface area contributed by atoms with E-state index in [2.05, 4.69) is 5.16 Å². The van der Waals surface area contributed by atoms with Crippen LogP contribution in [0.25, 0.3) is 6.08 Å². The van der Waals surface area contributed by atoms with Gasteiger partial charge in [-0.2, -0.15) is 0 Å². The van der Waals surface area contributed by atoms with E-state index >= 15 is 0 Å². The first-order valence-electron chi connectivity index (χ1n) is 9.47. The van der Waals surface area contributed by atoms with Gasteiger partial charge in [-0.05, 0) is 42.3 Å². The number of nitrogens with zero attached hydrogens (tertiary/aromatic N) is 1. The highest BCUT2D eigenvalue weighted by atomic mass is 35.5. The maximum absolute atomic E-state index is 12.8. The summed E-state index contributed by atoms with van der Waals surface area (Å²) in [6, 6.07) is 12.0. The average molecular weight is 440 g/mol. The number of carbonyl (C=O) groups is 2. The van der Waals surface area contributed by atoms with E-state index in [0.29, 0.717) is 40.6 Å². The Balaban J connectivity index is 1.48. The second-order valence-electron chi connectivity index (χ2n) is 6.92. The zero-order chi connectivity index (χ0) is 22.0. The highest BCUT2D eigenvalue weighted by Crippen LogP contribution is 2.37. The predicted molar refractivity (Wildman–Crippen MR) is 113 cm³/mol. The molecule has 0 saturated carbocycles. The minimum atomic E-state index is -0.455. The molecule has 1 aromatic heterocycles. The van der Waals surface area contributed by atoms with Gasteiger partial charge in [0.05, 0.1) is 19.1 Å². The van der Waals surface area contributed by atoms with Crippen molar-refractivity contribution in [3.05, 3.63) is 75.8 Å². The predicted octanol–water partition coefficient (Wildman–Crippen LogP) is 4.80. The summed E-state index contributed by atoms with van der Waals surface area (Å²) in [4.78, 5) is 25.0. The third-order valence-corrected chi connectivity index (χ3v) is 4.85. The Morgan fingerprint density at radius 1 is 1.19 bits per heavy atom. The number of fused-ring (bicyclic) bond motifs is 1. The highest BCUT2D eigenvalue weighted by molar-refractivity contribution is 6.29. The molecule has 0 aliphatic carbocycles. The van der Waals surface area contributed by atoms with Crippen molar-refractivity contribution in [1.82, 2.24) is 5.16 Å². The number of rotatable bonds is 6. The minimum absolute atomic E-state index is 0.0857. The molecule has 2 aromatic carbocycles. The van der Waals surface area contributed by atoms with Crippen LogP contribution in [0.1, 0.15) is 33.7 Å². The van der Waals surface area contributed by atoms with Gasteiger partial charge in [-0.25, -0.2) is 0 Å². The summed E-state index contributed by atoms with van der Waals surface area (Å²) in [6.07, 6.45) is 2.05. The van der Waals surface area contributed by atoms with Crippen LogP contribution >= 0.6 is 11.6 Å². The van der Waals surface area contributed by atoms with Gasteiger partial charge in [-0.15, -0.1) is 0 Å². The van der Waals surface area contributed by atoms with Crippen molar-refractivity contribution >= 4 is 29.4 Å². The molecule has 0 saturated heterocycles. The van der Waals surface area contributed by atoms with Gasteiger partial charge in [0.2, 0.25) is 5.78 Å². The summed E-state index contributed by atoms with van der Waals surface area (Å²) in [5.41, 5.74) is 1.87. The second kappa shape index (κ2) is 8.65. The van der Waals surface area contributed by atoms with Crippen molar-refractivity contribution in [3.8, 4) is 17.2 Å². The van der Waals surface area contributed by atoms with Gasteiger partial charge in [-0.3, -0.25) is 9.59 Å². The molecular weight excluding hydrogens is 422 g/mol. The molecule has 7 nitrogen and oxygen atoms in total. The van der Waals surface area contributed by atoms with Crippen LogP contribution in [0.3, 0.4) is 0 Å². The van der Waals surface area contributed by atoms with Crippen molar-refractivity contribution < 1.29 is 28.3 Å². The SMILES string of the molecule is COc1cccc(/C=C2\Oc3cc(OC(=O)CCc4cc(Cl)no4)cc(C)c3C2=O)c1. The molecule has 158 valence electrons. The van der Waals surface area contributed by atoms with Crippen LogP contribution < -0.4 is 14.2 Å². The molecule has 31 heavy (non-hydrogen) atoms. The quantitative estimate of drug-likeness (QED) is 0.309. The molecule has 8 heteroatoms. The van der Waals surface area contributed by atoms with E-state index in [0.717, 1.165) is 5.56 Å². The molecular formula is C23H18ClNO6. The summed E-state index contributed by atoms with van der Waals surface area (Å²) in [5, 5.41) is 3.79. The summed E-state index contributed by atoms with van der Waals surface area (Å²) < 4.78 is 21.4. The van der Waals surface area contributed by atoms with E-state index in [1.165, 1.54) is 6.07 Å². The first-order valence-corrected chi connectivity index (χ1v) is 9.85. The fourth-order valence-electron chi connectivity index (χ4n) is 3.23. The second-order valence-corrected chi connectivity index (χ2v) is 7.31. The van der Waals surface area contributed by atoms with Gasteiger partial charge in [0.1, 0.15) is 23.0 Å². The zero-order valence-electron chi connectivity index (χ0n) is 16.8. The largest absolute Gasteiger partial charge is 0.497 e. The Morgan fingerprint density at radius 3 is 2.77 bits per heavy atom. The molecule has 1 aliphatic heterocycles. The topological polar surface area (TPSA) is 87.9 Å². The number of ether oxygens (including phenoxy) is 3. The van der Waals surface area contributed by atoms with E-state index in [1.807, 2.05) is 18.2 Å².